The number of pyridine rings is 1. The molecule has 0 aromatic carbocycles. The van der Waals surface area contributed by atoms with Crippen LogP contribution in [-0.2, 0) is 4.65 Å². The van der Waals surface area contributed by atoms with Gasteiger partial charge in [-0.1, -0.05) is 13.8 Å². The number of alkyl halides is 2. The molecular formula is C16H24BF2N3O. The van der Waals surface area contributed by atoms with Crippen molar-refractivity contribution in [3.05, 3.63) is 17.8 Å². The molecule has 1 aliphatic rings. The molecule has 0 saturated carbocycles. The molecule has 0 aliphatic carbocycles. The number of aromatic nitrogens is 1. The largest absolute Gasteiger partial charge is 0.425 e. The van der Waals surface area contributed by atoms with Crippen molar-refractivity contribution in [1.29, 1.82) is 0 Å². The second-order valence-electron chi connectivity index (χ2n) is 7.39. The van der Waals surface area contributed by atoms with Gasteiger partial charge in [0.25, 0.3) is 6.43 Å². The smallest absolute Gasteiger partial charge is 0.329 e. The van der Waals surface area contributed by atoms with Crippen molar-refractivity contribution in [2.45, 2.75) is 46.0 Å². The molecule has 7 heteroatoms. The SMILES string of the molecule is CN(C)C=Nc1cc(C(F)F)c(B2CC(C)(C)C(C)(C)O2)cn1. The van der Waals surface area contributed by atoms with E-state index in [0.717, 1.165) is 0 Å². The molecule has 1 saturated heterocycles. The molecule has 1 aromatic rings. The van der Waals surface area contributed by atoms with Crippen LogP contribution in [0.15, 0.2) is 17.3 Å². The third-order valence-corrected chi connectivity index (χ3v) is 4.72. The Labute approximate surface area is 137 Å². The predicted octanol–water partition coefficient (Wildman–Crippen LogP) is 3.27. The second kappa shape index (κ2) is 6.19. The van der Waals surface area contributed by atoms with E-state index in [-0.39, 0.29) is 29.3 Å². The summed E-state index contributed by atoms with van der Waals surface area (Å²) in [5.41, 5.74) is -0.0655. The number of rotatable bonds is 4. The Morgan fingerprint density at radius 2 is 2.00 bits per heavy atom. The van der Waals surface area contributed by atoms with Gasteiger partial charge in [0.05, 0.1) is 11.9 Å². The molecule has 126 valence electrons. The summed E-state index contributed by atoms with van der Waals surface area (Å²) in [6, 6.07) is 1.35. The van der Waals surface area contributed by atoms with Crippen molar-refractivity contribution in [2.75, 3.05) is 14.1 Å². The predicted molar refractivity (Wildman–Crippen MR) is 90.2 cm³/mol. The summed E-state index contributed by atoms with van der Waals surface area (Å²) in [7, 11) is 3.62. The molecule has 0 atom stereocenters. The fraction of sp³-hybridized carbons (Fsp3) is 0.625. The summed E-state index contributed by atoms with van der Waals surface area (Å²) in [6.45, 7) is 7.82. The van der Waals surface area contributed by atoms with Crippen LogP contribution in [0.25, 0.3) is 0 Å². The minimum atomic E-state index is -2.59. The van der Waals surface area contributed by atoms with Gasteiger partial charge in [0.1, 0.15) is 0 Å². The summed E-state index contributed by atoms with van der Waals surface area (Å²) in [4.78, 5) is 10.0. The molecule has 0 spiro atoms. The molecule has 0 unspecified atom stereocenters. The third-order valence-electron chi connectivity index (χ3n) is 4.72. The summed E-state index contributed by atoms with van der Waals surface area (Å²) >= 11 is 0. The maximum Gasteiger partial charge on any atom is 0.329 e. The zero-order valence-corrected chi connectivity index (χ0v) is 14.6. The Hall–Kier alpha value is -1.50. The van der Waals surface area contributed by atoms with Gasteiger partial charge < -0.3 is 9.55 Å². The van der Waals surface area contributed by atoms with Gasteiger partial charge in [-0.25, -0.2) is 18.8 Å². The fourth-order valence-corrected chi connectivity index (χ4v) is 2.61. The molecule has 4 nitrogen and oxygen atoms in total. The zero-order chi connectivity index (χ0) is 17.4. The minimum absolute atomic E-state index is 0.0515. The average Bonchev–Trinajstić information content (AvgIpc) is 2.64. The first-order valence-corrected chi connectivity index (χ1v) is 7.70. The average molecular weight is 323 g/mol. The first-order valence-electron chi connectivity index (χ1n) is 7.70. The summed E-state index contributed by atoms with van der Waals surface area (Å²) < 4.78 is 33.1. The number of hydrogen-bond acceptors (Lipinski definition) is 3. The molecule has 1 aromatic heterocycles. The normalized spacial score (nSPS) is 19.8. The number of aliphatic imine (C=N–C) groups is 1. The standard InChI is InChI=1S/C16H24BF2N3O/c1-15(2)9-17(23-16(15,3)4)12-8-20-13(21-10-22(5)6)7-11(12)14(18)19/h7-8,10,14H,9H2,1-6H3. The van der Waals surface area contributed by atoms with Crippen LogP contribution in [0, 0.1) is 5.41 Å². The topological polar surface area (TPSA) is 37.7 Å². The lowest BCUT2D eigenvalue weighted by Gasteiger charge is -2.34. The van der Waals surface area contributed by atoms with E-state index in [0.29, 0.717) is 11.8 Å². The zero-order valence-electron chi connectivity index (χ0n) is 14.6. The van der Waals surface area contributed by atoms with Crippen molar-refractivity contribution >= 4 is 24.5 Å². The Bertz CT molecular complexity index is 587. The van der Waals surface area contributed by atoms with Gasteiger partial charge >= 0.3 is 6.92 Å². The van der Waals surface area contributed by atoms with Crippen LogP contribution >= 0.6 is 0 Å². The van der Waals surface area contributed by atoms with Gasteiger partial charge in [-0.3, -0.25) is 0 Å². The van der Waals surface area contributed by atoms with E-state index >= 15 is 0 Å². The molecule has 23 heavy (non-hydrogen) atoms. The van der Waals surface area contributed by atoms with E-state index in [1.807, 2.05) is 27.9 Å². The Morgan fingerprint density at radius 3 is 2.48 bits per heavy atom. The summed E-state index contributed by atoms with van der Waals surface area (Å²) in [5.74, 6) is 0.272. The van der Waals surface area contributed by atoms with Crippen molar-refractivity contribution in [3.63, 3.8) is 0 Å². The van der Waals surface area contributed by atoms with E-state index in [1.165, 1.54) is 18.6 Å². The summed E-state index contributed by atoms with van der Waals surface area (Å²) in [5, 5.41) is 0. The molecule has 0 amide bonds. The van der Waals surface area contributed by atoms with E-state index in [1.54, 1.807) is 4.90 Å². The molecule has 2 heterocycles. The molecule has 1 fully saturated rings. The van der Waals surface area contributed by atoms with Crippen LogP contribution in [0.1, 0.15) is 39.7 Å². The highest BCUT2D eigenvalue weighted by atomic mass is 19.3. The maximum absolute atomic E-state index is 13.5. The Kier molecular flexibility index (Phi) is 4.80. The lowest BCUT2D eigenvalue weighted by atomic mass is 9.53. The molecule has 1 aliphatic heterocycles. The van der Waals surface area contributed by atoms with Gasteiger partial charge in [-0.15, -0.1) is 0 Å². The van der Waals surface area contributed by atoms with E-state index in [2.05, 4.69) is 23.8 Å². The highest BCUT2D eigenvalue weighted by Crippen LogP contribution is 2.45. The van der Waals surface area contributed by atoms with Gasteiger partial charge in [-0.05, 0) is 37.1 Å². The first-order chi connectivity index (χ1) is 10.5. The quantitative estimate of drug-likeness (QED) is 0.485. The first kappa shape index (κ1) is 17.9. The van der Waals surface area contributed by atoms with Crippen molar-refractivity contribution in [1.82, 2.24) is 9.88 Å². The van der Waals surface area contributed by atoms with E-state index < -0.39 is 6.43 Å². The lowest BCUT2D eigenvalue weighted by Crippen LogP contribution is -2.37. The molecule has 0 radical (unpaired) electrons. The molecule has 2 rings (SSSR count). The fourth-order valence-electron chi connectivity index (χ4n) is 2.61. The molecular weight excluding hydrogens is 299 g/mol. The monoisotopic (exact) mass is 323 g/mol. The second-order valence-corrected chi connectivity index (χ2v) is 7.39. The van der Waals surface area contributed by atoms with E-state index in [9.17, 15) is 8.78 Å². The van der Waals surface area contributed by atoms with Gasteiger partial charge in [0.2, 0.25) is 0 Å². The molecule has 0 N–H and O–H groups in total. The maximum atomic E-state index is 13.5. The van der Waals surface area contributed by atoms with Crippen LogP contribution in [0.2, 0.25) is 6.32 Å². The Balaban J connectivity index is 2.36. The lowest BCUT2D eigenvalue weighted by molar-refractivity contribution is 0.0374. The van der Waals surface area contributed by atoms with Gasteiger partial charge in [-0.2, -0.15) is 0 Å². The minimum Gasteiger partial charge on any atom is -0.425 e. The number of hydrogen-bond donors (Lipinski definition) is 0. The van der Waals surface area contributed by atoms with Gasteiger partial charge in [0, 0.05) is 25.9 Å². The Morgan fingerprint density at radius 1 is 1.35 bits per heavy atom. The van der Waals surface area contributed by atoms with Crippen molar-refractivity contribution in [3.8, 4) is 0 Å². The molecule has 0 bridgehead atoms. The number of nitrogens with zero attached hydrogens (tertiary/aromatic N) is 3. The van der Waals surface area contributed by atoms with Crippen LogP contribution in [0.5, 0.6) is 0 Å². The number of halogens is 2. The third kappa shape index (κ3) is 3.71. The van der Waals surface area contributed by atoms with Crippen LogP contribution in [0.4, 0.5) is 14.6 Å². The summed E-state index contributed by atoms with van der Waals surface area (Å²) in [6.07, 6.45) is 1.11. The van der Waals surface area contributed by atoms with Crippen LogP contribution in [0.3, 0.4) is 0 Å². The van der Waals surface area contributed by atoms with Crippen LogP contribution in [-0.4, -0.2) is 42.8 Å². The van der Waals surface area contributed by atoms with Crippen molar-refractivity contribution in [2.24, 2.45) is 10.4 Å². The van der Waals surface area contributed by atoms with E-state index in [4.69, 9.17) is 4.65 Å². The van der Waals surface area contributed by atoms with Gasteiger partial charge in [0.15, 0.2) is 5.82 Å². The highest BCUT2D eigenvalue weighted by molar-refractivity contribution is 6.68. The van der Waals surface area contributed by atoms with Crippen LogP contribution < -0.4 is 5.46 Å². The highest BCUT2D eigenvalue weighted by Gasteiger charge is 2.50. The van der Waals surface area contributed by atoms with Crippen molar-refractivity contribution < 1.29 is 13.4 Å².